The van der Waals surface area contributed by atoms with Gasteiger partial charge in [0.15, 0.2) is 5.76 Å². The molecular weight excluding hydrogens is 238 g/mol. The Kier molecular flexibility index (Phi) is 3.11. The molecule has 1 aromatic carbocycles. The zero-order chi connectivity index (χ0) is 13.2. The van der Waals surface area contributed by atoms with Crippen molar-refractivity contribution < 1.29 is 9.21 Å². The number of amides is 1. The summed E-state index contributed by atoms with van der Waals surface area (Å²) in [6.45, 7) is 1.84. The molecule has 0 aliphatic heterocycles. The van der Waals surface area contributed by atoms with Crippen LogP contribution in [0.3, 0.4) is 0 Å². The lowest BCUT2D eigenvalue weighted by Crippen LogP contribution is -2.29. The minimum Gasteiger partial charge on any atom is -0.456 e. The van der Waals surface area contributed by atoms with Gasteiger partial charge in [0.25, 0.3) is 5.91 Å². The lowest BCUT2D eigenvalue weighted by atomic mass is 10.0. The topological polar surface area (TPSA) is 42.2 Å². The number of aryl methyl sites for hydroxylation is 1. The molecule has 19 heavy (non-hydrogen) atoms. The minimum atomic E-state index is -0.131. The Labute approximate surface area is 112 Å². The average molecular weight is 255 g/mol. The van der Waals surface area contributed by atoms with Gasteiger partial charge in [-0.1, -0.05) is 30.3 Å². The van der Waals surface area contributed by atoms with E-state index in [1.807, 2.05) is 31.2 Å². The van der Waals surface area contributed by atoms with Crippen LogP contribution in [0, 0.1) is 12.8 Å². The lowest BCUT2D eigenvalue weighted by molar-refractivity contribution is 0.0902. The van der Waals surface area contributed by atoms with Crippen molar-refractivity contribution in [3.05, 3.63) is 59.5 Å². The first kappa shape index (κ1) is 12.0. The highest BCUT2D eigenvalue weighted by Crippen LogP contribution is 2.41. The van der Waals surface area contributed by atoms with Crippen molar-refractivity contribution in [2.45, 2.75) is 25.8 Å². The smallest absolute Gasteiger partial charge is 0.287 e. The number of carbonyl (C=O) groups is 1. The van der Waals surface area contributed by atoms with Crippen LogP contribution in [0.1, 0.15) is 40.8 Å². The number of nitrogens with one attached hydrogen (secondary N) is 1. The van der Waals surface area contributed by atoms with E-state index in [4.69, 9.17) is 4.42 Å². The van der Waals surface area contributed by atoms with E-state index in [1.54, 1.807) is 6.07 Å². The van der Waals surface area contributed by atoms with Crippen molar-refractivity contribution >= 4 is 5.91 Å². The van der Waals surface area contributed by atoms with E-state index in [-0.39, 0.29) is 11.9 Å². The summed E-state index contributed by atoms with van der Waals surface area (Å²) < 4.78 is 5.37. The SMILES string of the molecule is Cc1ccc(C(=O)NC(c2ccccc2)C2CC2)o1. The first-order valence-electron chi connectivity index (χ1n) is 6.66. The standard InChI is InChI=1S/C16H17NO2/c1-11-7-10-14(19-11)16(18)17-15(13-8-9-13)12-5-3-2-4-6-12/h2-7,10,13,15H,8-9H2,1H3,(H,17,18). The molecule has 1 N–H and O–H groups in total. The molecule has 1 saturated carbocycles. The Bertz CT molecular complexity index is 569. The molecule has 3 nitrogen and oxygen atoms in total. The third-order valence-electron chi connectivity index (χ3n) is 3.50. The monoisotopic (exact) mass is 255 g/mol. The molecule has 98 valence electrons. The Morgan fingerprint density at radius 3 is 2.53 bits per heavy atom. The predicted molar refractivity (Wildman–Crippen MR) is 72.8 cm³/mol. The normalized spacial score (nSPS) is 16.1. The number of hydrogen-bond donors (Lipinski definition) is 1. The molecule has 1 aromatic heterocycles. The molecule has 3 rings (SSSR count). The lowest BCUT2D eigenvalue weighted by Gasteiger charge is -2.18. The number of benzene rings is 1. The molecule has 1 aliphatic rings. The van der Waals surface area contributed by atoms with Crippen molar-refractivity contribution in [3.63, 3.8) is 0 Å². The number of furan rings is 1. The largest absolute Gasteiger partial charge is 0.456 e. The maximum absolute atomic E-state index is 12.2. The summed E-state index contributed by atoms with van der Waals surface area (Å²) >= 11 is 0. The molecule has 0 spiro atoms. The van der Waals surface area contributed by atoms with Gasteiger partial charge in [0.1, 0.15) is 5.76 Å². The van der Waals surface area contributed by atoms with E-state index >= 15 is 0 Å². The summed E-state index contributed by atoms with van der Waals surface area (Å²) in [6, 6.07) is 13.8. The van der Waals surface area contributed by atoms with Gasteiger partial charge in [-0.3, -0.25) is 4.79 Å². The van der Waals surface area contributed by atoms with Crippen molar-refractivity contribution in [1.29, 1.82) is 0 Å². The molecule has 1 amide bonds. The highest BCUT2D eigenvalue weighted by Gasteiger charge is 2.33. The van der Waals surface area contributed by atoms with Crippen molar-refractivity contribution in [1.82, 2.24) is 5.32 Å². The van der Waals surface area contributed by atoms with Gasteiger partial charge in [0.05, 0.1) is 6.04 Å². The fraction of sp³-hybridized carbons (Fsp3) is 0.312. The fourth-order valence-electron chi connectivity index (χ4n) is 2.33. The Morgan fingerprint density at radius 2 is 1.95 bits per heavy atom. The molecule has 0 bridgehead atoms. The van der Waals surface area contributed by atoms with E-state index in [9.17, 15) is 4.79 Å². The molecule has 3 heteroatoms. The second kappa shape index (κ2) is 4.92. The summed E-state index contributed by atoms with van der Waals surface area (Å²) in [5, 5.41) is 3.09. The molecule has 1 aliphatic carbocycles. The van der Waals surface area contributed by atoms with Crippen LogP contribution < -0.4 is 5.32 Å². The predicted octanol–water partition coefficient (Wildman–Crippen LogP) is 3.47. The van der Waals surface area contributed by atoms with Crippen molar-refractivity contribution in [2.24, 2.45) is 5.92 Å². The van der Waals surface area contributed by atoms with Crippen LogP contribution in [0.5, 0.6) is 0 Å². The van der Waals surface area contributed by atoms with Crippen molar-refractivity contribution in [2.75, 3.05) is 0 Å². The average Bonchev–Trinajstić information content (AvgIpc) is 3.18. The van der Waals surface area contributed by atoms with E-state index in [0.717, 1.165) is 5.76 Å². The summed E-state index contributed by atoms with van der Waals surface area (Å²) in [5.74, 6) is 1.57. The third kappa shape index (κ3) is 2.70. The first-order valence-corrected chi connectivity index (χ1v) is 6.66. The van der Waals surface area contributed by atoms with Gasteiger partial charge < -0.3 is 9.73 Å². The molecule has 0 saturated heterocycles. The van der Waals surface area contributed by atoms with Crippen LogP contribution in [0.4, 0.5) is 0 Å². The number of rotatable bonds is 4. The quantitative estimate of drug-likeness (QED) is 0.909. The number of hydrogen-bond acceptors (Lipinski definition) is 2. The van der Waals surface area contributed by atoms with Gasteiger partial charge >= 0.3 is 0 Å². The van der Waals surface area contributed by atoms with Gasteiger partial charge in [-0.15, -0.1) is 0 Å². The summed E-state index contributed by atoms with van der Waals surface area (Å²) in [7, 11) is 0. The van der Waals surface area contributed by atoms with E-state index in [1.165, 1.54) is 18.4 Å². The van der Waals surface area contributed by atoms with Crippen molar-refractivity contribution in [3.8, 4) is 0 Å². The van der Waals surface area contributed by atoms with Crippen LogP contribution in [-0.4, -0.2) is 5.91 Å². The fourth-order valence-corrected chi connectivity index (χ4v) is 2.33. The molecule has 0 radical (unpaired) electrons. The third-order valence-corrected chi connectivity index (χ3v) is 3.50. The second-order valence-electron chi connectivity index (χ2n) is 5.11. The van der Waals surface area contributed by atoms with Crippen LogP contribution in [-0.2, 0) is 0 Å². The molecule has 1 atom stereocenters. The van der Waals surface area contributed by atoms with Gasteiger partial charge in [-0.2, -0.15) is 0 Å². The Hall–Kier alpha value is -2.03. The Balaban J connectivity index is 1.77. The van der Waals surface area contributed by atoms with Crippen LogP contribution in [0.15, 0.2) is 46.9 Å². The van der Waals surface area contributed by atoms with Gasteiger partial charge in [-0.25, -0.2) is 0 Å². The van der Waals surface area contributed by atoms with Gasteiger partial charge in [0.2, 0.25) is 0 Å². The molecule has 1 fully saturated rings. The first-order chi connectivity index (χ1) is 9.24. The molecule has 2 aromatic rings. The maximum Gasteiger partial charge on any atom is 0.287 e. The number of carbonyl (C=O) groups excluding carboxylic acids is 1. The second-order valence-corrected chi connectivity index (χ2v) is 5.11. The van der Waals surface area contributed by atoms with E-state index in [0.29, 0.717) is 11.7 Å². The van der Waals surface area contributed by atoms with Crippen LogP contribution >= 0.6 is 0 Å². The summed E-state index contributed by atoms with van der Waals surface area (Å²) in [4.78, 5) is 12.2. The summed E-state index contributed by atoms with van der Waals surface area (Å²) in [5.41, 5.74) is 1.17. The molecule has 1 unspecified atom stereocenters. The Morgan fingerprint density at radius 1 is 1.21 bits per heavy atom. The van der Waals surface area contributed by atoms with Crippen LogP contribution in [0.2, 0.25) is 0 Å². The van der Waals surface area contributed by atoms with Crippen LogP contribution in [0.25, 0.3) is 0 Å². The minimum absolute atomic E-state index is 0.0964. The van der Waals surface area contributed by atoms with Gasteiger partial charge in [0, 0.05) is 0 Å². The summed E-state index contributed by atoms with van der Waals surface area (Å²) in [6.07, 6.45) is 2.36. The maximum atomic E-state index is 12.2. The molecular formula is C16H17NO2. The van der Waals surface area contributed by atoms with Gasteiger partial charge in [-0.05, 0) is 43.4 Å². The van der Waals surface area contributed by atoms with E-state index < -0.39 is 0 Å². The zero-order valence-electron chi connectivity index (χ0n) is 10.9. The zero-order valence-corrected chi connectivity index (χ0v) is 10.9. The highest BCUT2D eigenvalue weighted by atomic mass is 16.3. The van der Waals surface area contributed by atoms with E-state index in [2.05, 4.69) is 17.4 Å². The molecule has 1 heterocycles. The highest BCUT2D eigenvalue weighted by molar-refractivity contribution is 5.91.